The number of allylic oxidation sites excluding steroid dienone is 10. The zero-order valence-corrected chi connectivity index (χ0v) is 23.6. The molecule has 2 amide bonds. The van der Waals surface area contributed by atoms with E-state index >= 15 is 0 Å². The molecule has 2 aromatic rings. The normalized spacial score (nSPS) is 15.3. The summed E-state index contributed by atoms with van der Waals surface area (Å²) in [6.45, 7) is 2.15. The highest BCUT2D eigenvalue weighted by molar-refractivity contribution is 6.00. The van der Waals surface area contributed by atoms with Gasteiger partial charge in [-0.05, 0) is 62.6 Å². The molecule has 2 aromatic carbocycles. The van der Waals surface area contributed by atoms with Gasteiger partial charge >= 0.3 is 12.0 Å². The molecule has 0 aromatic heterocycles. The Morgan fingerprint density at radius 1 is 0.800 bits per heavy atom. The first kappa shape index (κ1) is 30.4. The highest BCUT2D eigenvalue weighted by Crippen LogP contribution is 2.41. The molecule has 3 rings (SSSR count). The number of para-hydroxylation sites is 2. The maximum Gasteiger partial charge on any atom is 0.323 e. The number of hydrogen-bond donors (Lipinski definition) is 1. The average molecular weight is 539 g/mol. The number of esters is 1. The van der Waals surface area contributed by atoms with Gasteiger partial charge in [0, 0.05) is 18.4 Å². The van der Waals surface area contributed by atoms with Crippen molar-refractivity contribution < 1.29 is 14.3 Å². The number of nitrogens with two attached hydrogens (primary N) is 1. The highest BCUT2D eigenvalue weighted by Gasteiger charge is 2.30. The lowest BCUT2D eigenvalue weighted by Gasteiger charge is -2.23. The van der Waals surface area contributed by atoms with Gasteiger partial charge in [-0.3, -0.25) is 9.69 Å². The van der Waals surface area contributed by atoms with E-state index in [1.54, 1.807) is 0 Å². The van der Waals surface area contributed by atoms with Crippen LogP contribution >= 0.6 is 0 Å². The third-order valence-corrected chi connectivity index (χ3v) is 6.57. The summed E-state index contributed by atoms with van der Waals surface area (Å²) in [4.78, 5) is 26.6. The number of hydrogen-bond acceptors (Lipinski definition) is 3. The van der Waals surface area contributed by atoms with Crippen molar-refractivity contribution in [1.82, 2.24) is 0 Å². The van der Waals surface area contributed by atoms with Crippen LogP contribution < -0.4 is 10.6 Å². The van der Waals surface area contributed by atoms with Crippen LogP contribution in [-0.4, -0.2) is 12.0 Å². The van der Waals surface area contributed by atoms with Gasteiger partial charge in [-0.2, -0.15) is 0 Å². The molecule has 0 unspecified atom stereocenters. The van der Waals surface area contributed by atoms with E-state index in [-0.39, 0.29) is 5.97 Å². The van der Waals surface area contributed by atoms with Crippen molar-refractivity contribution in [2.45, 2.75) is 70.8 Å². The predicted molar refractivity (Wildman–Crippen MR) is 165 cm³/mol. The first-order valence-electron chi connectivity index (χ1n) is 14.3. The Balaban J connectivity index is 1.39. The second-order valence-corrected chi connectivity index (χ2v) is 9.64. The van der Waals surface area contributed by atoms with Gasteiger partial charge in [0.05, 0.1) is 11.4 Å². The number of ether oxygens (including phenoxy) is 1. The summed E-state index contributed by atoms with van der Waals surface area (Å²) < 4.78 is 5.95. The molecule has 0 bridgehead atoms. The molecule has 210 valence electrons. The number of primary amides is 1. The number of amides is 2. The Morgan fingerprint density at radius 2 is 1.35 bits per heavy atom. The maximum atomic E-state index is 12.7. The Labute approximate surface area is 239 Å². The summed E-state index contributed by atoms with van der Waals surface area (Å²) in [5.41, 5.74) is 8.82. The van der Waals surface area contributed by atoms with Crippen LogP contribution in [0.1, 0.15) is 75.5 Å². The van der Waals surface area contributed by atoms with Gasteiger partial charge in [0.1, 0.15) is 6.10 Å². The van der Waals surface area contributed by atoms with E-state index in [1.807, 2.05) is 48.5 Å². The number of urea groups is 1. The summed E-state index contributed by atoms with van der Waals surface area (Å²) in [6, 6.07) is 14.5. The smallest absolute Gasteiger partial charge is 0.323 e. The number of nitrogens with zero attached hydrogens (tertiary/aromatic N) is 1. The van der Waals surface area contributed by atoms with Crippen molar-refractivity contribution in [3.05, 3.63) is 120 Å². The molecule has 5 nitrogen and oxygen atoms in total. The lowest BCUT2D eigenvalue weighted by Crippen LogP contribution is -2.32. The zero-order valence-electron chi connectivity index (χ0n) is 23.6. The van der Waals surface area contributed by atoms with Gasteiger partial charge in [0.2, 0.25) is 0 Å². The molecule has 0 saturated carbocycles. The highest BCUT2D eigenvalue weighted by atomic mass is 16.5. The van der Waals surface area contributed by atoms with Gasteiger partial charge in [-0.1, -0.05) is 104 Å². The molecule has 1 aliphatic heterocycles. The van der Waals surface area contributed by atoms with E-state index in [1.165, 1.54) is 4.90 Å². The number of fused-ring (bicyclic) bond motifs is 2. The van der Waals surface area contributed by atoms with E-state index < -0.39 is 12.1 Å². The quantitative estimate of drug-likeness (QED) is 0.148. The summed E-state index contributed by atoms with van der Waals surface area (Å²) in [7, 11) is 0. The van der Waals surface area contributed by atoms with Crippen molar-refractivity contribution in [1.29, 1.82) is 0 Å². The number of carbonyl (C=O) groups is 2. The van der Waals surface area contributed by atoms with E-state index in [2.05, 4.69) is 67.7 Å². The van der Waals surface area contributed by atoms with E-state index in [0.717, 1.165) is 61.8 Å². The Kier molecular flexibility index (Phi) is 13.3. The summed E-state index contributed by atoms with van der Waals surface area (Å²) >= 11 is 0. The summed E-state index contributed by atoms with van der Waals surface area (Å²) in [6.07, 6.45) is 28.5. The Morgan fingerprint density at radius 3 is 1.98 bits per heavy atom. The van der Waals surface area contributed by atoms with Crippen molar-refractivity contribution >= 4 is 23.4 Å². The fourth-order valence-electron chi connectivity index (χ4n) is 4.60. The molecule has 1 atom stereocenters. The summed E-state index contributed by atoms with van der Waals surface area (Å²) in [5.74, 6) is -0.239. The summed E-state index contributed by atoms with van der Waals surface area (Å²) in [5, 5.41) is 0. The van der Waals surface area contributed by atoms with Gasteiger partial charge < -0.3 is 10.5 Å². The monoisotopic (exact) mass is 538 g/mol. The Hall–Kier alpha value is -4.12. The minimum Gasteiger partial charge on any atom is -0.457 e. The topological polar surface area (TPSA) is 72.6 Å². The molecule has 1 heterocycles. The third-order valence-electron chi connectivity index (χ3n) is 6.57. The van der Waals surface area contributed by atoms with Crippen LogP contribution in [0.4, 0.5) is 16.2 Å². The number of rotatable bonds is 14. The van der Waals surface area contributed by atoms with Gasteiger partial charge in [0.15, 0.2) is 0 Å². The fraction of sp³-hybridized carbons (Fsp3) is 0.314. The second-order valence-electron chi connectivity index (χ2n) is 9.64. The van der Waals surface area contributed by atoms with Crippen molar-refractivity contribution in [2.75, 3.05) is 4.90 Å². The van der Waals surface area contributed by atoms with Crippen LogP contribution in [0.25, 0.3) is 0 Å². The standard InChI is InChI=1S/C35H42N2O3/c1-2-3-4-5-6-7-8-9-10-11-12-13-14-15-16-17-18-27-34(38)40-33-28-29-23-19-21-25-31(29)37(35(36)39)32-26-22-20-24-30(32)33/h3-4,6-7,9-10,12-13,15-16,19-26,33H,2,5,8,11,14,17-18,27-28H2,1H3,(H2,36,39)/b4-3-,7-6-,10-9-,13-12-,16-15-/t33-/m0/s1. The van der Waals surface area contributed by atoms with Crippen molar-refractivity contribution in [2.24, 2.45) is 5.73 Å². The minimum absolute atomic E-state index is 0.239. The first-order valence-corrected chi connectivity index (χ1v) is 14.3. The van der Waals surface area contributed by atoms with Crippen LogP contribution in [0.3, 0.4) is 0 Å². The number of benzene rings is 2. The van der Waals surface area contributed by atoms with Crippen molar-refractivity contribution in [3.63, 3.8) is 0 Å². The molecule has 0 spiro atoms. The van der Waals surface area contributed by atoms with Crippen LogP contribution in [0.5, 0.6) is 0 Å². The van der Waals surface area contributed by atoms with Crippen LogP contribution in [-0.2, 0) is 16.0 Å². The van der Waals surface area contributed by atoms with Gasteiger partial charge in [0.25, 0.3) is 0 Å². The second kappa shape index (κ2) is 17.5. The molecule has 0 aliphatic carbocycles. The molecule has 0 radical (unpaired) electrons. The molecular formula is C35H42N2O3. The average Bonchev–Trinajstić information content (AvgIpc) is 3.09. The lowest BCUT2D eigenvalue weighted by molar-refractivity contribution is -0.149. The van der Waals surface area contributed by atoms with Crippen LogP contribution in [0, 0.1) is 0 Å². The first-order chi connectivity index (χ1) is 19.6. The molecule has 2 N–H and O–H groups in total. The number of anilines is 2. The SMILES string of the molecule is CC/C=C\C/C=C\C/C=C\C/C=C\C/C=C\CCCC(=O)O[C@H]1Cc2ccccc2N(C(N)=O)c2ccccc21. The van der Waals surface area contributed by atoms with Crippen LogP contribution in [0.15, 0.2) is 109 Å². The van der Waals surface area contributed by atoms with E-state index in [4.69, 9.17) is 10.5 Å². The molecular weight excluding hydrogens is 496 g/mol. The van der Waals surface area contributed by atoms with Crippen molar-refractivity contribution in [3.8, 4) is 0 Å². The molecule has 1 aliphatic rings. The van der Waals surface area contributed by atoms with Crippen LogP contribution in [0.2, 0.25) is 0 Å². The minimum atomic E-state index is -0.566. The maximum absolute atomic E-state index is 12.7. The molecule has 5 heteroatoms. The zero-order chi connectivity index (χ0) is 28.4. The third kappa shape index (κ3) is 9.88. The number of unbranched alkanes of at least 4 members (excludes halogenated alkanes) is 1. The fourth-order valence-corrected chi connectivity index (χ4v) is 4.60. The lowest BCUT2D eigenvalue weighted by atomic mass is 10.0. The number of carbonyl (C=O) groups excluding carboxylic acids is 2. The van der Waals surface area contributed by atoms with E-state index in [9.17, 15) is 9.59 Å². The largest absolute Gasteiger partial charge is 0.457 e. The van der Waals surface area contributed by atoms with E-state index in [0.29, 0.717) is 18.5 Å². The molecule has 40 heavy (non-hydrogen) atoms. The molecule has 0 fully saturated rings. The molecule has 0 saturated heterocycles. The Bertz CT molecular complexity index is 1240. The predicted octanol–water partition coefficient (Wildman–Crippen LogP) is 8.97. The van der Waals surface area contributed by atoms with Gasteiger partial charge in [-0.25, -0.2) is 4.79 Å². The van der Waals surface area contributed by atoms with Gasteiger partial charge in [-0.15, -0.1) is 0 Å².